The average Bonchev–Trinajstić information content (AvgIpc) is 2.55. The van der Waals surface area contributed by atoms with Gasteiger partial charge in [0, 0.05) is 5.41 Å². The molecule has 3 rings (SSSR count). The van der Waals surface area contributed by atoms with Crippen LogP contribution < -0.4 is 0 Å². The molecule has 0 spiro atoms. The fraction of sp³-hybridized carbons (Fsp3) is 0.455. The molecule has 128 valence electrons. The number of hydrogen-bond acceptors (Lipinski definition) is 2. The molecule has 0 heterocycles. The standard InChI is InChI=1S/C22H28O2/c1-21(2,3)19-15-17(9-12-20(19)24)22(13-5-4-6-14-22)16-7-10-18(23)11-8-16/h7-12,15,23-24H,4-6,13-14H2,1-3H3. The summed E-state index contributed by atoms with van der Waals surface area (Å²) in [6, 6.07) is 13.8. The van der Waals surface area contributed by atoms with Crippen LogP contribution in [-0.4, -0.2) is 10.2 Å². The zero-order valence-corrected chi connectivity index (χ0v) is 15.0. The molecule has 0 bridgehead atoms. The fourth-order valence-electron chi connectivity index (χ4n) is 4.11. The van der Waals surface area contributed by atoms with Crippen LogP contribution in [0.5, 0.6) is 11.5 Å². The minimum Gasteiger partial charge on any atom is -0.508 e. The van der Waals surface area contributed by atoms with Gasteiger partial charge >= 0.3 is 0 Å². The Hall–Kier alpha value is -1.96. The highest BCUT2D eigenvalue weighted by Crippen LogP contribution is 2.47. The maximum absolute atomic E-state index is 10.3. The van der Waals surface area contributed by atoms with Crippen molar-refractivity contribution in [3.05, 3.63) is 59.2 Å². The predicted molar refractivity (Wildman–Crippen MR) is 98.8 cm³/mol. The first-order valence-corrected chi connectivity index (χ1v) is 8.96. The molecule has 1 fully saturated rings. The zero-order valence-electron chi connectivity index (χ0n) is 15.0. The molecule has 0 saturated heterocycles. The SMILES string of the molecule is CC(C)(C)c1cc(C2(c3ccc(O)cc3)CCCCC2)ccc1O. The van der Waals surface area contributed by atoms with Gasteiger partial charge in [-0.1, -0.05) is 64.3 Å². The highest BCUT2D eigenvalue weighted by atomic mass is 16.3. The van der Waals surface area contributed by atoms with E-state index in [1.807, 2.05) is 6.07 Å². The molecule has 0 radical (unpaired) electrons. The second-order valence-corrected chi connectivity index (χ2v) is 8.17. The average molecular weight is 324 g/mol. The van der Waals surface area contributed by atoms with Crippen LogP contribution >= 0.6 is 0 Å². The van der Waals surface area contributed by atoms with E-state index in [0.29, 0.717) is 11.5 Å². The van der Waals surface area contributed by atoms with E-state index in [1.54, 1.807) is 12.1 Å². The number of phenolic OH excluding ortho intramolecular Hbond substituents is 2. The molecule has 1 aliphatic rings. The van der Waals surface area contributed by atoms with E-state index in [-0.39, 0.29) is 10.8 Å². The van der Waals surface area contributed by atoms with Crippen molar-refractivity contribution in [2.24, 2.45) is 0 Å². The van der Waals surface area contributed by atoms with Crippen molar-refractivity contribution in [1.29, 1.82) is 0 Å². The van der Waals surface area contributed by atoms with Gasteiger partial charge in [0.2, 0.25) is 0 Å². The lowest BCUT2D eigenvalue weighted by Crippen LogP contribution is -2.31. The van der Waals surface area contributed by atoms with Gasteiger partial charge < -0.3 is 10.2 Å². The number of aromatic hydroxyl groups is 2. The first-order chi connectivity index (χ1) is 11.3. The van der Waals surface area contributed by atoms with Crippen LogP contribution in [-0.2, 0) is 10.8 Å². The number of benzene rings is 2. The molecule has 2 heteroatoms. The third-order valence-corrected chi connectivity index (χ3v) is 5.48. The van der Waals surface area contributed by atoms with E-state index in [9.17, 15) is 10.2 Å². The molecule has 2 aromatic carbocycles. The van der Waals surface area contributed by atoms with E-state index in [1.165, 1.54) is 30.4 Å². The third-order valence-electron chi connectivity index (χ3n) is 5.48. The fourth-order valence-corrected chi connectivity index (χ4v) is 4.11. The van der Waals surface area contributed by atoms with E-state index in [0.717, 1.165) is 18.4 Å². The van der Waals surface area contributed by atoms with E-state index in [2.05, 4.69) is 45.0 Å². The summed E-state index contributed by atoms with van der Waals surface area (Å²) in [7, 11) is 0. The predicted octanol–water partition coefficient (Wildman–Crippen LogP) is 5.65. The van der Waals surface area contributed by atoms with Crippen LogP contribution in [0.1, 0.15) is 69.6 Å². The molecule has 0 unspecified atom stereocenters. The Labute approximate surface area is 145 Å². The summed E-state index contributed by atoms with van der Waals surface area (Å²) in [5.41, 5.74) is 3.45. The minimum atomic E-state index is -0.0924. The van der Waals surface area contributed by atoms with Crippen molar-refractivity contribution in [3.8, 4) is 11.5 Å². The van der Waals surface area contributed by atoms with Gasteiger partial charge in [0.1, 0.15) is 11.5 Å². The van der Waals surface area contributed by atoms with Crippen molar-refractivity contribution in [2.45, 2.75) is 63.7 Å². The van der Waals surface area contributed by atoms with E-state index >= 15 is 0 Å². The van der Waals surface area contributed by atoms with Gasteiger partial charge in [-0.2, -0.15) is 0 Å². The molecule has 0 atom stereocenters. The number of rotatable bonds is 2. The second kappa shape index (κ2) is 6.16. The van der Waals surface area contributed by atoms with Crippen LogP contribution in [0.3, 0.4) is 0 Å². The Morgan fingerprint density at radius 1 is 0.792 bits per heavy atom. The smallest absolute Gasteiger partial charge is 0.119 e. The maximum Gasteiger partial charge on any atom is 0.119 e. The lowest BCUT2D eigenvalue weighted by molar-refractivity contribution is 0.344. The van der Waals surface area contributed by atoms with Gasteiger partial charge in [-0.15, -0.1) is 0 Å². The molecular formula is C22H28O2. The van der Waals surface area contributed by atoms with E-state index in [4.69, 9.17) is 0 Å². The van der Waals surface area contributed by atoms with Crippen molar-refractivity contribution >= 4 is 0 Å². The first kappa shape index (κ1) is 16.9. The van der Waals surface area contributed by atoms with Crippen LogP contribution in [0.4, 0.5) is 0 Å². The molecule has 1 aliphatic carbocycles. The van der Waals surface area contributed by atoms with Gasteiger partial charge in [-0.05, 0) is 53.1 Å². The summed E-state index contributed by atoms with van der Waals surface area (Å²) in [6.45, 7) is 6.42. The highest BCUT2D eigenvalue weighted by Gasteiger charge is 2.36. The lowest BCUT2D eigenvalue weighted by Gasteiger charge is -2.39. The topological polar surface area (TPSA) is 40.5 Å². The van der Waals surface area contributed by atoms with Crippen molar-refractivity contribution in [2.75, 3.05) is 0 Å². The minimum absolute atomic E-state index is 0.0142. The summed E-state index contributed by atoms with van der Waals surface area (Å²) in [4.78, 5) is 0. The maximum atomic E-state index is 10.3. The summed E-state index contributed by atoms with van der Waals surface area (Å²) in [5.74, 6) is 0.689. The van der Waals surface area contributed by atoms with Crippen molar-refractivity contribution in [3.63, 3.8) is 0 Å². The largest absolute Gasteiger partial charge is 0.508 e. The molecule has 1 saturated carbocycles. The van der Waals surface area contributed by atoms with Gasteiger partial charge in [0.15, 0.2) is 0 Å². The van der Waals surface area contributed by atoms with Crippen molar-refractivity contribution in [1.82, 2.24) is 0 Å². The monoisotopic (exact) mass is 324 g/mol. The number of hydrogen-bond donors (Lipinski definition) is 2. The van der Waals surface area contributed by atoms with Crippen molar-refractivity contribution < 1.29 is 10.2 Å². The number of phenols is 2. The molecule has 0 aromatic heterocycles. The Bertz CT molecular complexity index is 702. The van der Waals surface area contributed by atoms with Crippen LogP contribution in [0.25, 0.3) is 0 Å². The summed E-state index contributed by atoms with van der Waals surface area (Å²) < 4.78 is 0. The molecule has 2 N–H and O–H groups in total. The molecule has 0 amide bonds. The molecule has 0 aliphatic heterocycles. The molecule has 2 aromatic rings. The molecule has 24 heavy (non-hydrogen) atoms. The van der Waals surface area contributed by atoms with Crippen LogP contribution in [0, 0.1) is 0 Å². The molecule has 2 nitrogen and oxygen atoms in total. The Balaban J connectivity index is 2.15. The summed E-state index contributed by atoms with van der Waals surface area (Å²) in [6.07, 6.45) is 5.95. The van der Waals surface area contributed by atoms with Crippen LogP contribution in [0.2, 0.25) is 0 Å². The summed E-state index contributed by atoms with van der Waals surface area (Å²) >= 11 is 0. The Morgan fingerprint density at radius 3 is 1.96 bits per heavy atom. The lowest BCUT2D eigenvalue weighted by atomic mass is 9.64. The zero-order chi connectivity index (χ0) is 17.4. The quantitative estimate of drug-likeness (QED) is 0.750. The first-order valence-electron chi connectivity index (χ1n) is 8.96. The third kappa shape index (κ3) is 3.02. The van der Waals surface area contributed by atoms with Gasteiger partial charge in [-0.3, -0.25) is 0 Å². The Kier molecular flexibility index (Phi) is 4.33. The van der Waals surface area contributed by atoms with Gasteiger partial charge in [0.25, 0.3) is 0 Å². The van der Waals surface area contributed by atoms with Crippen LogP contribution in [0.15, 0.2) is 42.5 Å². The highest BCUT2D eigenvalue weighted by molar-refractivity contribution is 5.48. The second-order valence-electron chi connectivity index (χ2n) is 8.17. The molecular weight excluding hydrogens is 296 g/mol. The van der Waals surface area contributed by atoms with Gasteiger partial charge in [-0.25, -0.2) is 0 Å². The Morgan fingerprint density at radius 2 is 1.38 bits per heavy atom. The van der Waals surface area contributed by atoms with E-state index < -0.39 is 0 Å². The summed E-state index contributed by atoms with van der Waals surface area (Å²) in [5, 5.41) is 20.0. The van der Waals surface area contributed by atoms with Gasteiger partial charge in [0.05, 0.1) is 0 Å². The normalized spacial score (nSPS) is 17.6.